The maximum atomic E-state index is 12.6. The third-order valence-electron chi connectivity index (χ3n) is 4.51. The van der Waals surface area contributed by atoms with Crippen LogP contribution in [-0.2, 0) is 0 Å². The molecule has 0 spiro atoms. The molecule has 28 heavy (non-hydrogen) atoms. The molecule has 0 fully saturated rings. The first kappa shape index (κ1) is 19.4. The van der Waals surface area contributed by atoms with Crippen LogP contribution in [0.1, 0.15) is 34.1 Å². The van der Waals surface area contributed by atoms with E-state index in [9.17, 15) is 9.59 Å². The van der Waals surface area contributed by atoms with E-state index < -0.39 is 5.91 Å². The lowest BCUT2D eigenvalue weighted by Crippen LogP contribution is -2.38. The van der Waals surface area contributed by atoms with Gasteiger partial charge < -0.3 is 10.1 Å². The summed E-state index contributed by atoms with van der Waals surface area (Å²) in [6.45, 7) is 2.28. The van der Waals surface area contributed by atoms with Crippen molar-refractivity contribution in [2.75, 3.05) is 6.61 Å². The van der Waals surface area contributed by atoms with Gasteiger partial charge in [0.2, 0.25) is 0 Å². The highest BCUT2D eigenvalue weighted by molar-refractivity contribution is 5.98. The van der Waals surface area contributed by atoms with Crippen molar-refractivity contribution in [3.8, 4) is 5.75 Å². The van der Waals surface area contributed by atoms with Gasteiger partial charge >= 0.3 is 0 Å². The van der Waals surface area contributed by atoms with Crippen molar-refractivity contribution in [2.45, 2.75) is 19.4 Å². The summed E-state index contributed by atoms with van der Waals surface area (Å²) in [5.74, 6) is -0.148. The van der Waals surface area contributed by atoms with E-state index in [4.69, 9.17) is 9.94 Å². The second-order valence-corrected chi connectivity index (χ2v) is 6.42. The van der Waals surface area contributed by atoms with Crippen LogP contribution in [0.15, 0.2) is 66.7 Å². The van der Waals surface area contributed by atoms with Crippen molar-refractivity contribution >= 4 is 22.6 Å². The molecule has 0 unspecified atom stereocenters. The Labute approximate surface area is 163 Å². The van der Waals surface area contributed by atoms with Gasteiger partial charge in [0, 0.05) is 11.1 Å². The third-order valence-corrected chi connectivity index (χ3v) is 4.51. The molecule has 1 atom stereocenters. The summed E-state index contributed by atoms with van der Waals surface area (Å²) in [5.41, 5.74) is 2.51. The van der Waals surface area contributed by atoms with E-state index in [0.29, 0.717) is 29.9 Å². The monoisotopic (exact) mass is 378 g/mol. The van der Waals surface area contributed by atoms with Crippen molar-refractivity contribution in [3.63, 3.8) is 0 Å². The predicted molar refractivity (Wildman–Crippen MR) is 107 cm³/mol. The summed E-state index contributed by atoms with van der Waals surface area (Å²) in [7, 11) is 0. The van der Waals surface area contributed by atoms with Gasteiger partial charge in [0.15, 0.2) is 0 Å². The molecule has 0 aliphatic carbocycles. The summed E-state index contributed by atoms with van der Waals surface area (Å²) in [6.07, 6.45) is 0.713. The number of ether oxygens (including phenoxy) is 1. The molecule has 0 saturated heterocycles. The highest BCUT2D eigenvalue weighted by Gasteiger charge is 2.14. The number of nitrogens with one attached hydrogen (secondary N) is 2. The Bertz CT molecular complexity index is 970. The average molecular weight is 378 g/mol. The number of hydrogen-bond donors (Lipinski definition) is 3. The van der Waals surface area contributed by atoms with Gasteiger partial charge in [-0.1, -0.05) is 37.3 Å². The maximum absolute atomic E-state index is 12.6. The van der Waals surface area contributed by atoms with Crippen LogP contribution in [0.3, 0.4) is 0 Å². The number of hydrogen-bond acceptors (Lipinski definition) is 4. The van der Waals surface area contributed by atoms with E-state index in [1.54, 1.807) is 29.7 Å². The predicted octanol–water partition coefficient (Wildman–Crippen LogP) is 3.55. The molecule has 0 aliphatic heterocycles. The van der Waals surface area contributed by atoms with Crippen molar-refractivity contribution in [2.24, 2.45) is 0 Å². The summed E-state index contributed by atoms with van der Waals surface area (Å²) in [4.78, 5) is 23.9. The van der Waals surface area contributed by atoms with Crippen LogP contribution in [-0.4, -0.2) is 29.7 Å². The van der Waals surface area contributed by atoms with Gasteiger partial charge in [-0.2, -0.15) is 0 Å². The molecular formula is C22H22N2O4. The number of hydroxylamine groups is 1. The van der Waals surface area contributed by atoms with E-state index in [2.05, 4.69) is 5.32 Å². The minimum absolute atomic E-state index is 0.142. The Kier molecular flexibility index (Phi) is 6.24. The van der Waals surface area contributed by atoms with Gasteiger partial charge in [0.1, 0.15) is 12.4 Å². The summed E-state index contributed by atoms with van der Waals surface area (Å²) >= 11 is 0. The molecule has 0 aliphatic rings. The summed E-state index contributed by atoms with van der Waals surface area (Å²) in [5, 5.41) is 13.7. The van der Waals surface area contributed by atoms with Crippen molar-refractivity contribution in [1.82, 2.24) is 10.8 Å². The first-order valence-electron chi connectivity index (χ1n) is 9.07. The van der Waals surface area contributed by atoms with Gasteiger partial charge in [0.25, 0.3) is 11.8 Å². The van der Waals surface area contributed by atoms with Crippen LogP contribution in [0.4, 0.5) is 0 Å². The summed E-state index contributed by atoms with van der Waals surface area (Å²) < 4.78 is 5.73. The Morgan fingerprint density at radius 3 is 2.29 bits per heavy atom. The average Bonchev–Trinajstić information content (AvgIpc) is 2.75. The second-order valence-electron chi connectivity index (χ2n) is 6.42. The number of carbonyl (C=O) groups is 2. The quantitative estimate of drug-likeness (QED) is 0.433. The van der Waals surface area contributed by atoms with E-state index in [1.165, 1.54) is 0 Å². The van der Waals surface area contributed by atoms with Crippen LogP contribution < -0.4 is 15.5 Å². The van der Waals surface area contributed by atoms with Gasteiger partial charge in [-0.15, -0.1) is 0 Å². The van der Waals surface area contributed by atoms with E-state index in [0.717, 1.165) is 10.8 Å². The Morgan fingerprint density at radius 2 is 1.61 bits per heavy atom. The van der Waals surface area contributed by atoms with Crippen LogP contribution in [0.5, 0.6) is 5.75 Å². The van der Waals surface area contributed by atoms with Crippen LogP contribution in [0, 0.1) is 0 Å². The number of benzene rings is 3. The Hall–Kier alpha value is -3.38. The van der Waals surface area contributed by atoms with Crippen molar-refractivity contribution in [1.29, 1.82) is 0 Å². The third kappa shape index (κ3) is 4.66. The molecule has 3 aromatic rings. The highest BCUT2D eigenvalue weighted by Crippen LogP contribution is 2.16. The summed E-state index contributed by atoms with van der Waals surface area (Å²) in [6, 6.07) is 19.8. The molecule has 3 N–H and O–H groups in total. The number of carbonyl (C=O) groups excluding carboxylic acids is 2. The van der Waals surface area contributed by atoms with E-state index in [1.807, 2.05) is 49.4 Å². The fourth-order valence-corrected chi connectivity index (χ4v) is 2.82. The minimum Gasteiger partial charge on any atom is -0.491 e. The lowest BCUT2D eigenvalue weighted by molar-refractivity contribution is 0.0706. The first-order valence-corrected chi connectivity index (χ1v) is 9.07. The van der Waals surface area contributed by atoms with Crippen LogP contribution in [0.2, 0.25) is 0 Å². The fourth-order valence-electron chi connectivity index (χ4n) is 2.82. The van der Waals surface area contributed by atoms with Crippen molar-refractivity contribution < 1.29 is 19.5 Å². The van der Waals surface area contributed by atoms with Gasteiger partial charge in [0.05, 0.1) is 6.04 Å². The van der Waals surface area contributed by atoms with Gasteiger partial charge in [-0.05, 0) is 53.6 Å². The Balaban J connectivity index is 1.60. The van der Waals surface area contributed by atoms with E-state index >= 15 is 0 Å². The molecule has 6 heteroatoms. The zero-order valence-electron chi connectivity index (χ0n) is 15.5. The number of rotatable bonds is 7. The molecule has 0 radical (unpaired) electrons. The van der Waals surface area contributed by atoms with E-state index in [-0.39, 0.29) is 11.9 Å². The fraction of sp³-hybridized carbons (Fsp3) is 0.182. The largest absolute Gasteiger partial charge is 0.491 e. The number of fused-ring (bicyclic) bond motifs is 1. The molecule has 0 saturated carbocycles. The maximum Gasteiger partial charge on any atom is 0.274 e. The Morgan fingerprint density at radius 1 is 0.929 bits per heavy atom. The molecule has 0 bridgehead atoms. The standard InChI is InChI=1S/C22H22N2O4/c1-2-19(14-28-20-11-9-16(10-12-20)22(26)24-27)23-21(25)18-8-7-15-5-3-4-6-17(15)13-18/h3-13,19,27H,2,14H2,1H3,(H,23,25)(H,24,26)/t19-/m0/s1. The lowest BCUT2D eigenvalue weighted by Gasteiger charge is -2.18. The van der Waals surface area contributed by atoms with Gasteiger partial charge in [-0.3, -0.25) is 14.8 Å². The minimum atomic E-state index is -0.583. The van der Waals surface area contributed by atoms with Crippen LogP contribution in [0.25, 0.3) is 10.8 Å². The SMILES string of the molecule is CC[C@@H](COc1ccc(C(=O)NO)cc1)NC(=O)c1ccc2ccccc2c1. The lowest BCUT2D eigenvalue weighted by atomic mass is 10.1. The smallest absolute Gasteiger partial charge is 0.274 e. The zero-order valence-corrected chi connectivity index (χ0v) is 15.5. The highest BCUT2D eigenvalue weighted by atomic mass is 16.5. The topological polar surface area (TPSA) is 87.7 Å². The molecule has 3 aromatic carbocycles. The van der Waals surface area contributed by atoms with Crippen molar-refractivity contribution in [3.05, 3.63) is 77.9 Å². The first-order chi connectivity index (χ1) is 13.6. The number of amides is 2. The molecule has 6 nitrogen and oxygen atoms in total. The molecule has 2 amide bonds. The molecule has 0 heterocycles. The second kappa shape index (κ2) is 9.01. The molecule has 0 aromatic heterocycles. The zero-order chi connectivity index (χ0) is 19.9. The molecular weight excluding hydrogens is 356 g/mol. The van der Waals surface area contributed by atoms with Crippen LogP contribution >= 0.6 is 0 Å². The normalized spacial score (nSPS) is 11.6. The molecule has 3 rings (SSSR count). The molecule has 144 valence electrons. The van der Waals surface area contributed by atoms with Gasteiger partial charge in [-0.25, -0.2) is 5.48 Å².